The summed E-state index contributed by atoms with van der Waals surface area (Å²) in [7, 11) is 1.63. The van der Waals surface area contributed by atoms with E-state index in [-0.39, 0.29) is 17.5 Å². The molecule has 7 nitrogen and oxygen atoms in total. The van der Waals surface area contributed by atoms with Crippen molar-refractivity contribution in [3.63, 3.8) is 0 Å². The molecule has 0 aliphatic rings. The van der Waals surface area contributed by atoms with Gasteiger partial charge >= 0.3 is 0 Å². The van der Waals surface area contributed by atoms with Crippen LogP contribution >= 0.6 is 0 Å². The normalized spacial score (nSPS) is 12.0. The summed E-state index contributed by atoms with van der Waals surface area (Å²) in [6.07, 6.45) is 0.689. The van der Waals surface area contributed by atoms with Gasteiger partial charge in [-0.2, -0.15) is 0 Å². The number of carbonyl (C=O) groups is 2. The number of pyridine rings is 1. The molecule has 2 heterocycles. The van der Waals surface area contributed by atoms with E-state index in [0.29, 0.717) is 13.0 Å². The van der Waals surface area contributed by atoms with Gasteiger partial charge in [0.2, 0.25) is 5.91 Å². The minimum absolute atomic E-state index is 0.239. The highest BCUT2D eigenvalue weighted by atomic mass is 16.5. The van der Waals surface area contributed by atoms with Crippen LogP contribution in [-0.4, -0.2) is 41.5 Å². The van der Waals surface area contributed by atoms with E-state index >= 15 is 0 Å². The highest BCUT2D eigenvalue weighted by molar-refractivity contribution is 6.10. The van der Waals surface area contributed by atoms with Gasteiger partial charge in [-0.1, -0.05) is 30.3 Å². The van der Waals surface area contributed by atoms with Crippen LogP contribution in [0.3, 0.4) is 0 Å². The first-order chi connectivity index (χ1) is 15.5. The Bertz CT molecular complexity index is 1280. The predicted molar refractivity (Wildman–Crippen MR) is 125 cm³/mol. The van der Waals surface area contributed by atoms with Gasteiger partial charge in [0.05, 0.1) is 18.3 Å². The van der Waals surface area contributed by atoms with Crippen LogP contribution in [0.5, 0.6) is 5.75 Å². The third-order valence-corrected chi connectivity index (χ3v) is 5.52. The summed E-state index contributed by atoms with van der Waals surface area (Å²) in [6, 6.07) is 16.7. The second kappa shape index (κ2) is 9.09. The summed E-state index contributed by atoms with van der Waals surface area (Å²) >= 11 is 0. The second-order valence-corrected chi connectivity index (χ2v) is 7.77. The highest BCUT2D eigenvalue weighted by Crippen LogP contribution is 2.27. The van der Waals surface area contributed by atoms with E-state index in [4.69, 9.17) is 4.74 Å². The van der Waals surface area contributed by atoms with E-state index in [2.05, 4.69) is 20.6 Å². The highest BCUT2D eigenvalue weighted by Gasteiger charge is 2.19. The number of amides is 2. The molecule has 0 radical (unpaired) electrons. The number of benzene rings is 2. The zero-order valence-corrected chi connectivity index (χ0v) is 18.4. The zero-order chi connectivity index (χ0) is 22.7. The van der Waals surface area contributed by atoms with Crippen LogP contribution in [0.15, 0.2) is 54.6 Å². The molecule has 4 rings (SSSR count). The van der Waals surface area contributed by atoms with Crippen molar-refractivity contribution in [1.82, 2.24) is 20.6 Å². The molecule has 2 aromatic carbocycles. The average molecular weight is 431 g/mol. The van der Waals surface area contributed by atoms with Crippen LogP contribution in [0.1, 0.15) is 28.7 Å². The van der Waals surface area contributed by atoms with Crippen LogP contribution in [0.2, 0.25) is 0 Å². The number of nitrogens with zero attached hydrogens (tertiary/aromatic N) is 1. The van der Waals surface area contributed by atoms with Gasteiger partial charge in [0.1, 0.15) is 17.5 Å². The van der Waals surface area contributed by atoms with Gasteiger partial charge in [-0.25, -0.2) is 4.98 Å². The number of rotatable bonds is 7. The fraction of sp³-hybridized carbons (Fsp3) is 0.240. The number of H-pyrrole nitrogens is 1. The van der Waals surface area contributed by atoms with Crippen LogP contribution in [0.25, 0.3) is 21.8 Å². The monoisotopic (exact) mass is 430 g/mol. The van der Waals surface area contributed by atoms with Crippen molar-refractivity contribution in [3.8, 4) is 5.75 Å². The molecule has 0 fully saturated rings. The molecule has 2 aromatic heterocycles. The van der Waals surface area contributed by atoms with Crippen LogP contribution in [0, 0.1) is 6.92 Å². The Balaban J connectivity index is 1.38. The van der Waals surface area contributed by atoms with Crippen LogP contribution in [0.4, 0.5) is 0 Å². The van der Waals surface area contributed by atoms with E-state index in [1.807, 2.05) is 55.5 Å². The fourth-order valence-electron chi connectivity index (χ4n) is 3.73. The first-order valence-electron chi connectivity index (χ1n) is 10.6. The topological polar surface area (TPSA) is 96.1 Å². The minimum atomic E-state index is -0.681. The SMILES string of the molecule is COc1ccc(CCNC(=O)C(C)NC(=O)c2cc3c([nH]c4ccccc43)c(C)n2)cc1. The van der Waals surface area contributed by atoms with E-state index in [1.165, 1.54) is 0 Å². The van der Waals surface area contributed by atoms with Gasteiger partial charge in [0.15, 0.2) is 0 Å². The number of nitrogens with one attached hydrogen (secondary N) is 3. The lowest BCUT2D eigenvalue weighted by molar-refractivity contribution is -0.122. The van der Waals surface area contributed by atoms with Crippen molar-refractivity contribution in [2.45, 2.75) is 26.3 Å². The van der Waals surface area contributed by atoms with Gasteiger partial charge in [0.25, 0.3) is 5.91 Å². The standard InChI is InChI=1S/C25H26N4O3/c1-15-23-20(19-6-4-5-7-21(19)29-23)14-22(27-15)25(31)28-16(2)24(30)26-13-12-17-8-10-18(32-3)11-9-17/h4-11,14,16,29H,12-13H2,1-3H3,(H,26,30)(H,28,31). The van der Waals surface area contributed by atoms with Crippen LogP contribution < -0.4 is 15.4 Å². The quantitative estimate of drug-likeness (QED) is 0.418. The first kappa shape index (κ1) is 21.4. The third-order valence-electron chi connectivity index (χ3n) is 5.52. The van der Waals surface area contributed by atoms with Crippen molar-refractivity contribution in [2.75, 3.05) is 13.7 Å². The number of hydrogen-bond acceptors (Lipinski definition) is 4. The molecule has 32 heavy (non-hydrogen) atoms. The molecule has 0 aliphatic carbocycles. The molecule has 164 valence electrons. The summed E-state index contributed by atoms with van der Waals surface area (Å²) in [5.74, 6) is 0.179. The average Bonchev–Trinajstić information content (AvgIpc) is 3.19. The molecule has 0 saturated heterocycles. The summed E-state index contributed by atoms with van der Waals surface area (Å²) in [5, 5.41) is 7.59. The molecule has 0 spiro atoms. The zero-order valence-electron chi connectivity index (χ0n) is 18.4. The maximum Gasteiger partial charge on any atom is 0.270 e. The molecule has 1 unspecified atom stereocenters. The Hall–Kier alpha value is -3.87. The molecule has 0 aliphatic heterocycles. The van der Waals surface area contributed by atoms with E-state index < -0.39 is 6.04 Å². The number of methoxy groups -OCH3 is 1. The largest absolute Gasteiger partial charge is 0.497 e. The molecular formula is C25H26N4O3. The van der Waals surface area contributed by atoms with E-state index in [0.717, 1.165) is 38.8 Å². The lowest BCUT2D eigenvalue weighted by atomic mass is 10.1. The number of aryl methyl sites for hydroxylation is 1. The van der Waals surface area contributed by atoms with Crippen molar-refractivity contribution in [2.24, 2.45) is 0 Å². The number of ether oxygens (including phenoxy) is 1. The summed E-state index contributed by atoms with van der Waals surface area (Å²) < 4.78 is 5.15. The van der Waals surface area contributed by atoms with E-state index in [1.54, 1.807) is 20.1 Å². The Morgan fingerprint density at radius 2 is 1.84 bits per heavy atom. The number of carbonyl (C=O) groups excluding carboxylic acids is 2. The van der Waals surface area contributed by atoms with Gasteiger partial charge in [-0.15, -0.1) is 0 Å². The minimum Gasteiger partial charge on any atom is -0.497 e. The lowest BCUT2D eigenvalue weighted by Gasteiger charge is -2.14. The van der Waals surface area contributed by atoms with Crippen molar-refractivity contribution in [3.05, 3.63) is 71.5 Å². The molecule has 0 saturated carbocycles. The van der Waals surface area contributed by atoms with Gasteiger partial charge in [-0.3, -0.25) is 9.59 Å². The van der Waals surface area contributed by atoms with E-state index in [9.17, 15) is 9.59 Å². The Labute approximate surface area is 186 Å². The van der Waals surface area contributed by atoms with Gasteiger partial charge in [0, 0.05) is 22.8 Å². The van der Waals surface area contributed by atoms with Crippen molar-refractivity contribution in [1.29, 1.82) is 0 Å². The third kappa shape index (κ3) is 4.42. The smallest absolute Gasteiger partial charge is 0.270 e. The Kier molecular flexibility index (Phi) is 6.07. The number of para-hydroxylation sites is 1. The predicted octanol–water partition coefficient (Wildman–Crippen LogP) is 3.51. The Morgan fingerprint density at radius 3 is 2.59 bits per heavy atom. The molecule has 3 N–H and O–H groups in total. The summed E-state index contributed by atoms with van der Waals surface area (Å²) in [4.78, 5) is 33.0. The number of fused-ring (bicyclic) bond motifs is 3. The van der Waals surface area contributed by atoms with Crippen LogP contribution in [-0.2, 0) is 11.2 Å². The maximum absolute atomic E-state index is 12.8. The lowest BCUT2D eigenvalue weighted by Crippen LogP contribution is -2.45. The van der Waals surface area contributed by atoms with Crippen molar-refractivity contribution >= 4 is 33.6 Å². The fourth-order valence-corrected chi connectivity index (χ4v) is 3.73. The first-order valence-corrected chi connectivity index (χ1v) is 10.6. The number of aromatic nitrogens is 2. The molecule has 2 amide bonds. The molecule has 7 heteroatoms. The number of hydrogen-bond donors (Lipinski definition) is 3. The van der Waals surface area contributed by atoms with Gasteiger partial charge in [-0.05, 0) is 50.1 Å². The molecule has 0 bridgehead atoms. The molecule has 4 aromatic rings. The van der Waals surface area contributed by atoms with Gasteiger partial charge < -0.3 is 20.4 Å². The maximum atomic E-state index is 12.8. The summed E-state index contributed by atoms with van der Waals surface area (Å²) in [6.45, 7) is 4.01. The Morgan fingerprint density at radius 1 is 1.09 bits per heavy atom. The van der Waals surface area contributed by atoms with Crippen molar-refractivity contribution < 1.29 is 14.3 Å². The summed E-state index contributed by atoms with van der Waals surface area (Å²) in [5.41, 5.74) is 4.02. The number of aromatic amines is 1. The second-order valence-electron chi connectivity index (χ2n) is 7.77. The molecular weight excluding hydrogens is 404 g/mol. The molecule has 1 atom stereocenters.